The molecule has 5 N–H and O–H groups in total. The van der Waals surface area contributed by atoms with Crippen LogP contribution in [0, 0.1) is 0 Å². The largest absolute Gasteiger partial charge is 0.324 e. The fourth-order valence-electron chi connectivity index (χ4n) is 3.31. The van der Waals surface area contributed by atoms with Crippen LogP contribution in [0.1, 0.15) is 5.56 Å². The van der Waals surface area contributed by atoms with Crippen LogP contribution in [0.25, 0.3) is 11.1 Å². The quantitative estimate of drug-likeness (QED) is 0.140. The van der Waals surface area contributed by atoms with Crippen molar-refractivity contribution in [1.82, 2.24) is 10.4 Å². The first kappa shape index (κ1) is 23.0. The number of hydrogen-bond donors (Lipinski definition) is 4. The van der Waals surface area contributed by atoms with Crippen molar-refractivity contribution in [2.75, 3.05) is 10.0 Å². The van der Waals surface area contributed by atoms with Crippen molar-refractivity contribution in [2.24, 2.45) is 10.8 Å². The maximum Gasteiger partial charge on any atom is 0.262 e. The molecule has 1 heterocycles. The average Bonchev–Trinajstić information content (AvgIpc) is 2.88. The van der Waals surface area contributed by atoms with Crippen molar-refractivity contribution in [1.29, 1.82) is 0 Å². The zero-order valence-corrected chi connectivity index (χ0v) is 19.0. The number of sulfonamides is 1. The van der Waals surface area contributed by atoms with Crippen molar-refractivity contribution in [3.8, 4) is 11.1 Å². The standard InChI is InChI=1S/C25H24N6O2S/c26-30-25(29-22-9-6-16-27-18-22)28-17-19-12-14-21(15-13-19)31-34(32,33)24-11-5-4-10-23(24)20-7-2-1-3-8-20/h1-16,18,31H,17,26H2,(H2,28,29,30). The SMILES string of the molecule is NNC(=NCc1ccc(NS(=O)(=O)c2ccccc2-c2ccccc2)cc1)Nc1cccnc1. The highest BCUT2D eigenvalue weighted by molar-refractivity contribution is 7.92. The summed E-state index contributed by atoms with van der Waals surface area (Å²) in [6, 6.07) is 27.0. The number of aromatic nitrogens is 1. The highest BCUT2D eigenvalue weighted by atomic mass is 32.2. The molecule has 0 fully saturated rings. The van der Waals surface area contributed by atoms with Gasteiger partial charge >= 0.3 is 0 Å². The van der Waals surface area contributed by atoms with Gasteiger partial charge in [0.2, 0.25) is 5.96 Å². The summed E-state index contributed by atoms with van der Waals surface area (Å²) in [7, 11) is -3.79. The third kappa shape index (κ3) is 5.77. The van der Waals surface area contributed by atoms with E-state index in [1.165, 1.54) is 0 Å². The molecule has 0 spiro atoms. The molecule has 0 aliphatic heterocycles. The summed E-state index contributed by atoms with van der Waals surface area (Å²) in [5.74, 6) is 5.93. The van der Waals surface area contributed by atoms with Gasteiger partial charge in [0, 0.05) is 17.4 Å². The molecular formula is C25H24N6O2S. The molecule has 1 aromatic heterocycles. The minimum Gasteiger partial charge on any atom is -0.324 e. The van der Waals surface area contributed by atoms with Crippen molar-refractivity contribution in [2.45, 2.75) is 11.4 Å². The van der Waals surface area contributed by atoms with Crippen LogP contribution in [-0.2, 0) is 16.6 Å². The Balaban J connectivity index is 1.47. The van der Waals surface area contributed by atoms with Crippen LogP contribution in [0.4, 0.5) is 11.4 Å². The highest BCUT2D eigenvalue weighted by Crippen LogP contribution is 2.28. The van der Waals surface area contributed by atoms with Crippen molar-refractivity contribution in [3.05, 3.63) is 109 Å². The summed E-state index contributed by atoms with van der Waals surface area (Å²) in [4.78, 5) is 8.66. The van der Waals surface area contributed by atoms with Crippen LogP contribution < -0.4 is 21.3 Å². The average molecular weight is 473 g/mol. The van der Waals surface area contributed by atoms with Gasteiger partial charge in [0.25, 0.3) is 10.0 Å². The lowest BCUT2D eigenvalue weighted by atomic mass is 10.1. The highest BCUT2D eigenvalue weighted by Gasteiger charge is 2.19. The van der Waals surface area contributed by atoms with E-state index in [-0.39, 0.29) is 4.90 Å². The molecule has 0 bridgehead atoms. The Labute approximate surface area is 198 Å². The van der Waals surface area contributed by atoms with Gasteiger partial charge < -0.3 is 5.32 Å². The molecule has 4 aromatic rings. The Morgan fingerprint density at radius 1 is 0.853 bits per heavy atom. The zero-order chi connectivity index (χ0) is 23.8. The van der Waals surface area contributed by atoms with Crippen molar-refractivity contribution >= 4 is 27.4 Å². The third-order valence-electron chi connectivity index (χ3n) is 4.95. The topological polar surface area (TPSA) is 121 Å². The zero-order valence-electron chi connectivity index (χ0n) is 18.2. The lowest BCUT2D eigenvalue weighted by Gasteiger charge is -2.13. The Morgan fingerprint density at radius 2 is 1.59 bits per heavy atom. The molecule has 0 unspecified atom stereocenters. The van der Waals surface area contributed by atoms with E-state index in [4.69, 9.17) is 5.84 Å². The first-order valence-corrected chi connectivity index (χ1v) is 12.0. The minimum atomic E-state index is -3.79. The van der Waals surface area contributed by atoms with Crippen LogP contribution in [0.3, 0.4) is 0 Å². The van der Waals surface area contributed by atoms with E-state index in [0.29, 0.717) is 23.8 Å². The molecule has 0 radical (unpaired) electrons. The predicted octanol–water partition coefficient (Wildman–Crippen LogP) is 3.98. The number of nitrogens with one attached hydrogen (secondary N) is 3. The van der Waals surface area contributed by atoms with E-state index < -0.39 is 10.0 Å². The number of rotatable bonds is 7. The first-order chi connectivity index (χ1) is 16.5. The van der Waals surface area contributed by atoms with E-state index in [2.05, 4.69) is 25.4 Å². The predicted molar refractivity (Wildman–Crippen MR) is 135 cm³/mol. The number of nitrogens with zero attached hydrogens (tertiary/aromatic N) is 2. The second-order valence-electron chi connectivity index (χ2n) is 7.34. The van der Waals surface area contributed by atoms with E-state index in [1.54, 1.807) is 48.8 Å². The van der Waals surface area contributed by atoms with Gasteiger partial charge in [-0.25, -0.2) is 19.3 Å². The fourth-order valence-corrected chi connectivity index (χ4v) is 4.60. The molecule has 0 atom stereocenters. The van der Waals surface area contributed by atoms with Crippen LogP contribution in [0.2, 0.25) is 0 Å². The van der Waals surface area contributed by atoms with Crippen LogP contribution in [0.15, 0.2) is 113 Å². The molecule has 8 nitrogen and oxygen atoms in total. The molecule has 172 valence electrons. The van der Waals surface area contributed by atoms with Gasteiger partial charge in [0.1, 0.15) is 0 Å². The Bertz CT molecular complexity index is 1360. The Morgan fingerprint density at radius 3 is 2.29 bits per heavy atom. The van der Waals surface area contributed by atoms with E-state index >= 15 is 0 Å². The Kier molecular flexibility index (Phi) is 7.16. The maximum atomic E-state index is 13.1. The van der Waals surface area contributed by atoms with Crippen molar-refractivity contribution < 1.29 is 8.42 Å². The molecule has 9 heteroatoms. The minimum absolute atomic E-state index is 0.218. The normalized spacial score (nSPS) is 11.6. The molecule has 0 aliphatic rings. The summed E-state index contributed by atoms with van der Waals surface area (Å²) in [6.07, 6.45) is 3.33. The molecule has 0 aliphatic carbocycles. The summed E-state index contributed by atoms with van der Waals surface area (Å²) in [6.45, 7) is 0.344. The molecule has 4 rings (SSSR count). The van der Waals surface area contributed by atoms with Gasteiger partial charge in [0.05, 0.1) is 23.3 Å². The summed E-state index contributed by atoms with van der Waals surface area (Å²) in [5.41, 5.74) is 6.09. The van der Waals surface area contributed by atoms with Gasteiger partial charge in [-0.1, -0.05) is 60.7 Å². The maximum absolute atomic E-state index is 13.1. The number of pyridine rings is 1. The number of nitrogens with two attached hydrogens (primary N) is 1. The number of hydrogen-bond acceptors (Lipinski definition) is 5. The van der Waals surface area contributed by atoms with E-state index in [0.717, 1.165) is 16.8 Å². The summed E-state index contributed by atoms with van der Waals surface area (Å²) in [5, 5.41) is 3.04. The van der Waals surface area contributed by atoms with Crippen LogP contribution in [-0.4, -0.2) is 19.4 Å². The number of anilines is 2. The van der Waals surface area contributed by atoms with E-state index in [9.17, 15) is 8.42 Å². The van der Waals surface area contributed by atoms with Crippen LogP contribution >= 0.6 is 0 Å². The summed E-state index contributed by atoms with van der Waals surface area (Å²) < 4.78 is 28.9. The number of hydrazine groups is 1. The lowest BCUT2D eigenvalue weighted by molar-refractivity contribution is 0.601. The fraction of sp³-hybridized carbons (Fsp3) is 0.0400. The molecule has 34 heavy (non-hydrogen) atoms. The second kappa shape index (κ2) is 10.6. The second-order valence-corrected chi connectivity index (χ2v) is 8.99. The van der Waals surface area contributed by atoms with Gasteiger partial charge in [-0.15, -0.1) is 0 Å². The van der Waals surface area contributed by atoms with E-state index in [1.807, 2.05) is 54.6 Å². The Hall–Kier alpha value is -4.21. The van der Waals surface area contributed by atoms with Gasteiger partial charge in [-0.2, -0.15) is 0 Å². The van der Waals surface area contributed by atoms with Crippen LogP contribution in [0.5, 0.6) is 0 Å². The molecule has 0 saturated carbocycles. The first-order valence-electron chi connectivity index (χ1n) is 10.5. The number of aliphatic imine (C=N–C) groups is 1. The number of benzene rings is 3. The smallest absolute Gasteiger partial charge is 0.262 e. The van der Waals surface area contributed by atoms with Gasteiger partial charge in [-0.05, 0) is 41.5 Å². The molecule has 0 amide bonds. The van der Waals surface area contributed by atoms with Gasteiger partial charge in [-0.3, -0.25) is 15.1 Å². The third-order valence-corrected chi connectivity index (χ3v) is 6.39. The molecule has 0 saturated heterocycles. The molecular weight excluding hydrogens is 448 g/mol. The summed E-state index contributed by atoms with van der Waals surface area (Å²) >= 11 is 0. The molecule has 3 aromatic carbocycles. The lowest BCUT2D eigenvalue weighted by Crippen LogP contribution is -2.36. The van der Waals surface area contributed by atoms with Gasteiger partial charge in [0.15, 0.2) is 0 Å². The van der Waals surface area contributed by atoms with Crippen molar-refractivity contribution in [3.63, 3.8) is 0 Å². The number of guanidine groups is 1. The monoisotopic (exact) mass is 472 g/mol.